The van der Waals surface area contributed by atoms with E-state index in [-0.39, 0.29) is 29.3 Å². The van der Waals surface area contributed by atoms with Gasteiger partial charge in [0.25, 0.3) is 5.69 Å². The van der Waals surface area contributed by atoms with Crippen LogP contribution in [0.3, 0.4) is 0 Å². The van der Waals surface area contributed by atoms with Gasteiger partial charge in [-0.1, -0.05) is 12.1 Å². The standard InChI is InChI=1S/C19H18N2O5/c22-19(23)12-5-8-16-15(10-12)18-14(2-1-9-26-18)17(20-16)11-3-6-13(7-4-11)21(24)25/h3-8,10,14,17-18,20H,1-2,9H2,(H,22,23)/t14-,17+,18+/m0/s1. The molecule has 0 bridgehead atoms. The molecule has 0 radical (unpaired) electrons. The fourth-order valence-corrected chi connectivity index (χ4v) is 3.94. The molecule has 0 amide bonds. The Morgan fingerprint density at radius 2 is 2.00 bits per heavy atom. The van der Waals surface area contributed by atoms with Crippen molar-refractivity contribution in [2.75, 3.05) is 11.9 Å². The van der Waals surface area contributed by atoms with E-state index < -0.39 is 10.9 Å². The van der Waals surface area contributed by atoms with Crippen molar-refractivity contribution in [2.24, 2.45) is 5.92 Å². The number of carboxylic acids is 1. The lowest BCUT2D eigenvalue weighted by molar-refractivity contribution is -0.384. The SMILES string of the molecule is O=C(O)c1ccc2c(c1)[C@@H]1OCCC[C@H]1[C@@H](c1ccc([N+](=O)[O-])cc1)N2. The number of hydrogen-bond donors (Lipinski definition) is 2. The Morgan fingerprint density at radius 3 is 2.69 bits per heavy atom. The summed E-state index contributed by atoms with van der Waals surface area (Å²) in [5.74, 6) is -0.820. The molecule has 134 valence electrons. The maximum Gasteiger partial charge on any atom is 0.335 e. The molecule has 4 rings (SSSR count). The number of nitro benzene ring substituents is 1. The molecule has 7 nitrogen and oxygen atoms in total. The Labute approximate surface area is 149 Å². The highest BCUT2D eigenvalue weighted by Gasteiger charge is 2.40. The molecule has 2 N–H and O–H groups in total. The highest BCUT2D eigenvalue weighted by Crippen LogP contribution is 2.49. The van der Waals surface area contributed by atoms with Gasteiger partial charge in [0, 0.05) is 35.9 Å². The maximum absolute atomic E-state index is 11.3. The molecule has 2 heterocycles. The van der Waals surface area contributed by atoms with Crippen LogP contribution in [0.25, 0.3) is 0 Å². The number of nitro groups is 1. The van der Waals surface area contributed by atoms with Crippen molar-refractivity contribution in [3.63, 3.8) is 0 Å². The number of hydrogen-bond acceptors (Lipinski definition) is 5. The van der Waals surface area contributed by atoms with Crippen molar-refractivity contribution >= 4 is 17.3 Å². The average molecular weight is 354 g/mol. The first-order chi connectivity index (χ1) is 12.5. The molecule has 3 atom stereocenters. The summed E-state index contributed by atoms with van der Waals surface area (Å²) in [7, 11) is 0. The van der Waals surface area contributed by atoms with Crippen molar-refractivity contribution in [3.05, 3.63) is 69.3 Å². The molecule has 26 heavy (non-hydrogen) atoms. The summed E-state index contributed by atoms with van der Waals surface area (Å²) in [6, 6.07) is 11.6. The van der Waals surface area contributed by atoms with E-state index in [0.717, 1.165) is 29.7 Å². The number of nitrogens with zero attached hydrogens (tertiary/aromatic N) is 1. The van der Waals surface area contributed by atoms with Crippen LogP contribution in [0.1, 0.15) is 46.5 Å². The van der Waals surface area contributed by atoms with Gasteiger partial charge in [0.1, 0.15) is 0 Å². The molecule has 1 saturated heterocycles. The second-order valence-corrected chi connectivity index (χ2v) is 6.68. The van der Waals surface area contributed by atoms with E-state index in [1.165, 1.54) is 12.1 Å². The van der Waals surface area contributed by atoms with Crippen LogP contribution in [-0.2, 0) is 4.74 Å². The summed E-state index contributed by atoms with van der Waals surface area (Å²) in [5, 5.41) is 23.6. The van der Waals surface area contributed by atoms with Crippen molar-refractivity contribution in [1.82, 2.24) is 0 Å². The first-order valence-corrected chi connectivity index (χ1v) is 8.54. The number of non-ortho nitro benzene ring substituents is 1. The van der Waals surface area contributed by atoms with Gasteiger partial charge in [0.05, 0.1) is 22.6 Å². The summed E-state index contributed by atoms with van der Waals surface area (Å²) >= 11 is 0. The zero-order valence-electron chi connectivity index (χ0n) is 13.9. The lowest BCUT2D eigenvalue weighted by Crippen LogP contribution is -2.36. The number of carbonyl (C=O) groups is 1. The Morgan fingerprint density at radius 1 is 1.23 bits per heavy atom. The average Bonchev–Trinajstić information content (AvgIpc) is 2.67. The summed E-state index contributed by atoms with van der Waals surface area (Å²) in [4.78, 5) is 21.8. The van der Waals surface area contributed by atoms with Crippen LogP contribution >= 0.6 is 0 Å². The second-order valence-electron chi connectivity index (χ2n) is 6.68. The first-order valence-electron chi connectivity index (χ1n) is 8.54. The Hall–Kier alpha value is -2.93. The Balaban J connectivity index is 1.73. The quantitative estimate of drug-likeness (QED) is 0.640. The summed E-state index contributed by atoms with van der Waals surface area (Å²) in [5.41, 5.74) is 2.98. The molecular weight excluding hydrogens is 336 g/mol. The van der Waals surface area contributed by atoms with E-state index in [2.05, 4.69) is 5.32 Å². The van der Waals surface area contributed by atoms with Crippen molar-refractivity contribution in [1.29, 1.82) is 0 Å². The molecule has 2 aromatic carbocycles. The lowest BCUT2D eigenvalue weighted by atomic mass is 9.77. The topological polar surface area (TPSA) is 102 Å². The maximum atomic E-state index is 11.3. The van der Waals surface area contributed by atoms with Gasteiger partial charge in [-0.2, -0.15) is 0 Å². The van der Waals surface area contributed by atoms with Crippen molar-refractivity contribution < 1.29 is 19.6 Å². The predicted octanol–water partition coefficient (Wildman–Crippen LogP) is 3.93. The fraction of sp³-hybridized carbons (Fsp3) is 0.316. The summed E-state index contributed by atoms with van der Waals surface area (Å²) in [6.07, 6.45) is 1.69. The molecule has 1 fully saturated rings. The van der Waals surface area contributed by atoms with E-state index >= 15 is 0 Å². The van der Waals surface area contributed by atoms with Crippen molar-refractivity contribution in [2.45, 2.75) is 25.0 Å². The Bertz CT molecular complexity index is 865. The zero-order chi connectivity index (χ0) is 18.3. The third kappa shape index (κ3) is 2.80. The van der Waals surface area contributed by atoms with Gasteiger partial charge in [-0.05, 0) is 36.6 Å². The fourth-order valence-electron chi connectivity index (χ4n) is 3.94. The Kier molecular flexibility index (Phi) is 4.08. The number of nitrogens with one attached hydrogen (secondary N) is 1. The predicted molar refractivity (Wildman–Crippen MR) is 94.3 cm³/mol. The molecule has 0 aromatic heterocycles. The number of benzene rings is 2. The van der Waals surface area contributed by atoms with Gasteiger partial charge in [0.2, 0.25) is 0 Å². The van der Waals surface area contributed by atoms with Crippen molar-refractivity contribution in [3.8, 4) is 0 Å². The smallest absolute Gasteiger partial charge is 0.335 e. The number of carboxylic acid groups (broad SMARTS) is 1. The van der Waals surface area contributed by atoms with E-state index in [9.17, 15) is 20.0 Å². The van der Waals surface area contributed by atoms with E-state index in [1.54, 1.807) is 30.3 Å². The summed E-state index contributed by atoms with van der Waals surface area (Å²) in [6.45, 7) is 0.644. The van der Waals surface area contributed by atoms with Crippen LogP contribution in [0, 0.1) is 16.0 Å². The molecule has 7 heteroatoms. The lowest BCUT2D eigenvalue weighted by Gasteiger charge is -2.43. The summed E-state index contributed by atoms with van der Waals surface area (Å²) < 4.78 is 6.02. The van der Waals surface area contributed by atoms with E-state index in [1.807, 2.05) is 0 Å². The van der Waals surface area contributed by atoms with Crippen LogP contribution in [0.5, 0.6) is 0 Å². The van der Waals surface area contributed by atoms with Gasteiger partial charge in [-0.15, -0.1) is 0 Å². The minimum Gasteiger partial charge on any atom is -0.478 e. The highest BCUT2D eigenvalue weighted by atomic mass is 16.6. The van der Waals surface area contributed by atoms with Crippen LogP contribution in [0.15, 0.2) is 42.5 Å². The van der Waals surface area contributed by atoms with Gasteiger partial charge in [-0.25, -0.2) is 4.79 Å². The van der Waals surface area contributed by atoms with Crippen LogP contribution in [0.4, 0.5) is 11.4 Å². The highest BCUT2D eigenvalue weighted by molar-refractivity contribution is 5.88. The molecule has 2 aromatic rings. The normalized spacial score (nSPS) is 24.1. The van der Waals surface area contributed by atoms with Gasteiger partial charge >= 0.3 is 5.97 Å². The number of ether oxygens (including phenoxy) is 1. The zero-order valence-corrected chi connectivity index (χ0v) is 13.9. The number of rotatable bonds is 3. The molecule has 0 unspecified atom stereocenters. The third-order valence-corrected chi connectivity index (χ3v) is 5.18. The number of aromatic carboxylic acids is 1. The monoisotopic (exact) mass is 354 g/mol. The second kappa shape index (κ2) is 6.42. The van der Waals surface area contributed by atoms with Crippen LogP contribution < -0.4 is 5.32 Å². The molecule has 0 aliphatic carbocycles. The molecule has 0 spiro atoms. The molecule has 0 saturated carbocycles. The largest absolute Gasteiger partial charge is 0.478 e. The third-order valence-electron chi connectivity index (χ3n) is 5.18. The van der Waals surface area contributed by atoms with Gasteiger partial charge < -0.3 is 15.2 Å². The van der Waals surface area contributed by atoms with Crippen LogP contribution in [0.2, 0.25) is 0 Å². The molecule has 2 aliphatic rings. The number of fused-ring (bicyclic) bond motifs is 3. The minimum atomic E-state index is -0.961. The van der Waals surface area contributed by atoms with Gasteiger partial charge in [-0.3, -0.25) is 10.1 Å². The number of anilines is 1. The molecular formula is C19H18N2O5. The van der Waals surface area contributed by atoms with Crippen LogP contribution in [-0.4, -0.2) is 22.6 Å². The minimum absolute atomic E-state index is 0.0377. The van der Waals surface area contributed by atoms with E-state index in [0.29, 0.717) is 6.61 Å². The molecule has 2 aliphatic heterocycles. The van der Waals surface area contributed by atoms with E-state index in [4.69, 9.17) is 4.74 Å². The van der Waals surface area contributed by atoms with Gasteiger partial charge in [0.15, 0.2) is 0 Å². The first kappa shape index (κ1) is 16.5.